The third kappa shape index (κ3) is 3.55. The van der Waals surface area contributed by atoms with Crippen molar-refractivity contribution in [3.63, 3.8) is 0 Å². The van der Waals surface area contributed by atoms with Crippen molar-refractivity contribution in [1.29, 1.82) is 0 Å². The number of aryl methyl sites for hydroxylation is 1. The molecule has 8 nitrogen and oxygen atoms in total. The Morgan fingerprint density at radius 2 is 1.97 bits per heavy atom. The number of carbonyl (C=O) groups excluding carboxylic acids is 2. The van der Waals surface area contributed by atoms with E-state index in [0.717, 1.165) is 19.1 Å². The van der Waals surface area contributed by atoms with Crippen molar-refractivity contribution < 1.29 is 18.0 Å². The van der Waals surface area contributed by atoms with Crippen LogP contribution in [0.1, 0.15) is 42.6 Å². The van der Waals surface area contributed by atoms with Crippen molar-refractivity contribution >= 4 is 27.5 Å². The molecule has 1 aromatic heterocycles. The topological polar surface area (TPSA) is 101 Å². The molecule has 1 saturated carbocycles. The number of anilines is 1. The zero-order valence-electron chi connectivity index (χ0n) is 16.9. The first-order valence-corrected chi connectivity index (χ1v) is 11.5. The smallest absolute Gasteiger partial charge is 0.256 e. The van der Waals surface area contributed by atoms with Crippen LogP contribution in [0.15, 0.2) is 23.1 Å². The molecular formula is C20H24N4O4S. The lowest BCUT2D eigenvalue weighted by Gasteiger charge is -2.24. The van der Waals surface area contributed by atoms with E-state index in [1.165, 1.54) is 13.0 Å². The lowest BCUT2D eigenvalue weighted by atomic mass is 10.0. The molecule has 2 aliphatic rings. The van der Waals surface area contributed by atoms with Gasteiger partial charge in [0.15, 0.2) is 15.7 Å². The van der Waals surface area contributed by atoms with Crippen LogP contribution in [0.4, 0.5) is 5.82 Å². The molecule has 1 fully saturated rings. The molecule has 154 valence electrons. The van der Waals surface area contributed by atoms with E-state index in [4.69, 9.17) is 0 Å². The van der Waals surface area contributed by atoms with Gasteiger partial charge in [0.25, 0.3) is 5.91 Å². The summed E-state index contributed by atoms with van der Waals surface area (Å²) in [5, 5.41) is 6.89. The summed E-state index contributed by atoms with van der Waals surface area (Å²) < 4.78 is 26.6. The highest BCUT2D eigenvalue weighted by molar-refractivity contribution is 7.90. The summed E-state index contributed by atoms with van der Waals surface area (Å²) in [7, 11) is -1.89. The molecule has 1 aromatic carbocycles. The van der Waals surface area contributed by atoms with Gasteiger partial charge in [-0.15, -0.1) is 0 Å². The monoisotopic (exact) mass is 416 g/mol. The Morgan fingerprint density at radius 3 is 2.55 bits per heavy atom. The molecule has 2 heterocycles. The maximum Gasteiger partial charge on any atom is 0.256 e. The first-order chi connectivity index (χ1) is 13.6. The number of nitrogens with zero attached hydrogens (tertiary/aromatic N) is 3. The standard InChI is InChI=1S/C20H24N4O4S/c1-11(13-5-6-13)24-10-15-7-14(8-17(29(4,27)28)19(15)20(24)26)16-9-18(21-12(2)25)22-23(16)3/h7-9,11,13H,5-6,10H2,1-4H3,(H,21,22,25). The SMILES string of the molecule is CC(=O)Nc1cc(-c2cc3c(c(S(C)(=O)=O)c2)C(=O)N(C(C)C2CC2)C3)n(C)n1. The summed E-state index contributed by atoms with van der Waals surface area (Å²) in [5.41, 5.74) is 2.29. The minimum atomic E-state index is -3.62. The number of nitrogens with one attached hydrogen (secondary N) is 1. The van der Waals surface area contributed by atoms with Crippen molar-refractivity contribution in [2.45, 2.75) is 44.2 Å². The summed E-state index contributed by atoms with van der Waals surface area (Å²) >= 11 is 0. The van der Waals surface area contributed by atoms with Crippen molar-refractivity contribution in [3.05, 3.63) is 29.3 Å². The molecule has 1 atom stereocenters. The summed E-state index contributed by atoms with van der Waals surface area (Å²) in [6.07, 6.45) is 3.33. The van der Waals surface area contributed by atoms with Gasteiger partial charge in [-0.05, 0) is 43.4 Å². The molecule has 4 rings (SSSR count). The number of hydrogen-bond acceptors (Lipinski definition) is 5. The predicted octanol–water partition coefficient (Wildman–Crippen LogP) is 2.20. The fourth-order valence-electron chi connectivity index (χ4n) is 4.02. The number of benzene rings is 1. The normalized spacial score (nSPS) is 17.4. The van der Waals surface area contributed by atoms with Crippen LogP contribution >= 0.6 is 0 Å². The third-order valence-electron chi connectivity index (χ3n) is 5.67. The van der Waals surface area contributed by atoms with E-state index >= 15 is 0 Å². The predicted molar refractivity (Wildman–Crippen MR) is 108 cm³/mol. The van der Waals surface area contributed by atoms with Gasteiger partial charge in [-0.1, -0.05) is 0 Å². The molecule has 1 N–H and O–H groups in total. The zero-order chi connectivity index (χ0) is 21.1. The molecule has 9 heteroatoms. The molecule has 0 spiro atoms. The van der Waals surface area contributed by atoms with Crippen LogP contribution in [-0.2, 0) is 28.2 Å². The lowest BCUT2D eigenvalue weighted by Crippen LogP contribution is -2.35. The maximum absolute atomic E-state index is 13.1. The summed E-state index contributed by atoms with van der Waals surface area (Å²) in [6, 6.07) is 5.17. The second kappa shape index (κ2) is 6.69. The van der Waals surface area contributed by atoms with E-state index in [0.29, 0.717) is 35.1 Å². The van der Waals surface area contributed by atoms with Crippen LogP contribution in [0.3, 0.4) is 0 Å². The zero-order valence-corrected chi connectivity index (χ0v) is 17.7. The molecule has 2 aromatic rings. The third-order valence-corrected chi connectivity index (χ3v) is 6.80. The maximum atomic E-state index is 13.1. The van der Waals surface area contributed by atoms with Gasteiger partial charge in [-0.25, -0.2) is 8.42 Å². The van der Waals surface area contributed by atoms with Gasteiger partial charge in [0.1, 0.15) is 0 Å². The van der Waals surface area contributed by atoms with E-state index in [1.807, 2.05) is 13.0 Å². The van der Waals surface area contributed by atoms with Crippen LogP contribution in [0, 0.1) is 5.92 Å². The molecular weight excluding hydrogens is 392 g/mol. The van der Waals surface area contributed by atoms with Crippen LogP contribution in [0.2, 0.25) is 0 Å². The minimum Gasteiger partial charge on any atom is -0.331 e. The van der Waals surface area contributed by atoms with E-state index < -0.39 is 9.84 Å². The quantitative estimate of drug-likeness (QED) is 0.805. The van der Waals surface area contributed by atoms with Crippen molar-refractivity contribution in [2.75, 3.05) is 11.6 Å². The second-order valence-electron chi connectivity index (χ2n) is 8.01. The van der Waals surface area contributed by atoms with E-state index in [9.17, 15) is 18.0 Å². The Balaban J connectivity index is 1.82. The number of hydrogen-bond donors (Lipinski definition) is 1. The van der Waals surface area contributed by atoms with Crippen molar-refractivity contribution in [2.24, 2.45) is 13.0 Å². The highest BCUT2D eigenvalue weighted by Crippen LogP contribution is 2.40. The van der Waals surface area contributed by atoms with Crippen molar-refractivity contribution in [3.8, 4) is 11.3 Å². The van der Waals surface area contributed by atoms with Gasteiger partial charge in [-0.3, -0.25) is 14.3 Å². The van der Waals surface area contributed by atoms with Gasteiger partial charge >= 0.3 is 0 Å². The summed E-state index contributed by atoms with van der Waals surface area (Å²) in [6.45, 7) is 3.83. The molecule has 1 aliphatic heterocycles. The molecule has 1 aliphatic carbocycles. The number of carbonyl (C=O) groups is 2. The average Bonchev–Trinajstić information content (AvgIpc) is 3.33. The number of amides is 2. The van der Waals surface area contributed by atoms with Gasteiger partial charge in [0, 0.05) is 44.4 Å². The molecule has 2 amide bonds. The molecule has 0 saturated heterocycles. The Bertz CT molecular complexity index is 1130. The second-order valence-corrected chi connectivity index (χ2v) is 10.00. The van der Waals surface area contributed by atoms with Crippen LogP contribution in [0.5, 0.6) is 0 Å². The number of fused-ring (bicyclic) bond motifs is 1. The molecule has 1 unspecified atom stereocenters. The van der Waals surface area contributed by atoms with Crippen LogP contribution in [-0.4, -0.2) is 47.2 Å². The summed E-state index contributed by atoms with van der Waals surface area (Å²) in [5.74, 6) is 0.425. The fourth-order valence-corrected chi connectivity index (χ4v) is 4.95. The largest absolute Gasteiger partial charge is 0.331 e. The first-order valence-electron chi connectivity index (χ1n) is 9.56. The van der Waals surface area contributed by atoms with Gasteiger partial charge in [-0.2, -0.15) is 5.10 Å². The lowest BCUT2D eigenvalue weighted by molar-refractivity contribution is -0.114. The van der Waals surface area contributed by atoms with Gasteiger partial charge in [0.05, 0.1) is 16.2 Å². The Kier molecular flexibility index (Phi) is 4.53. The van der Waals surface area contributed by atoms with Crippen LogP contribution in [0.25, 0.3) is 11.3 Å². The highest BCUT2D eigenvalue weighted by Gasteiger charge is 2.40. The molecule has 0 bridgehead atoms. The van der Waals surface area contributed by atoms with Crippen molar-refractivity contribution in [1.82, 2.24) is 14.7 Å². The molecule has 0 radical (unpaired) electrons. The summed E-state index contributed by atoms with van der Waals surface area (Å²) in [4.78, 5) is 26.2. The first kappa shape index (κ1) is 19.6. The van der Waals surface area contributed by atoms with E-state index in [2.05, 4.69) is 10.4 Å². The number of rotatable bonds is 5. The van der Waals surface area contributed by atoms with Gasteiger partial charge in [0.2, 0.25) is 5.91 Å². The number of sulfone groups is 1. The Hall–Kier alpha value is -2.68. The van der Waals surface area contributed by atoms with E-state index in [-0.39, 0.29) is 28.3 Å². The van der Waals surface area contributed by atoms with Crippen LogP contribution < -0.4 is 5.32 Å². The average molecular weight is 417 g/mol. The van der Waals surface area contributed by atoms with Gasteiger partial charge < -0.3 is 10.2 Å². The highest BCUT2D eigenvalue weighted by atomic mass is 32.2. The number of aromatic nitrogens is 2. The fraction of sp³-hybridized carbons (Fsp3) is 0.450. The van der Waals surface area contributed by atoms with E-state index in [1.54, 1.807) is 22.7 Å². The minimum absolute atomic E-state index is 0.0442. The Morgan fingerprint density at radius 1 is 1.28 bits per heavy atom. The Labute approximate surface area is 169 Å². The molecule has 29 heavy (non-hydrogen) atoms.